The van der Waals surface area contributed by atoms with Crippen LogP contribution in [0.2, 0.25) is 0 Å². The summed E-state index contributed by atoms with van der Waals surface area (Å²) >= 11 is 0. The summed E-state index contributed by atoms with van der Waals surface area (Å²) < 4.78 is 23.3. The van der Waals surface area contributed by atoms with Gasteiger partial charge in [-0.15, -0.1) is 0 Å². The number of aliphatic hydroxyl groups excluding tert-OH is 2. The first-order valence-electron chi connectivity index (χ1n) is 9.22. The van der Waals surface area contributed by atoms with Crippen molar-refractivity contribution in [2.75, 3.05) is 6.61 Å². The first-order valence-corrected chi connectivity index (χ1v) is 9.22. The molecule has 5 unspecified atom stereocenters. The van der Waals surface area contributed by atoms with Crippen LogP contribution in [0.1, 0.15) is 32.1 Å². The molecule has 2 aliphatic heterocycles. The third-order valence-corrected chi connectivity index (χ3v) is 5.42. The van der Waals surface area contributed by atoms with Crippen LogP contribution in [0.25, 0.3) is 0 Å². The third-order valence-electron chi connectivity index (χ3n) is 5.42. The number of benzene rings is 1. The van der Waals surface area contributed by atoms with Gasteiger partial charge in [0.05, 0.1) is 11.5 Å². The van der Waals surface area contributed by atoms with E-state index < -0.39 is 41.4 Å². The Hall–Kier alpha value is -1.78. The number of ether oxygens (including phenoxy) is 4. The van der Waals surface area contributed by atoms with Gasteiger partial charge in [0.1, 0.15) is 30.2 Å². The summed E-state index contributed by atoms with van der Waals surface area (Å²) in [5.74, 6) is -0.410. The van der Waals surface area contributed by atoms with Crippen LogP contribution in [-0.4, -0.2) is 58.2 Å². The monoisotopic (exact) mass is 381 g/mol. The van der Waals surface area contributed by atoms with Crippen molar-refractivity contribution in [3.8, 4) is 5.75 Å². The second-order valence-corrected chi connectivity index (χ2v) is 7.26. The van der Waals surface area contributed by atoms with Gasteiger partial charge in [0.2, 0.25) is 6.29 Å². The Balaban J connectivity index is 1.43. The maximum absolute atomic E-state index is 10.7. The van der Waals surface area contributed by atoms with Crippen LogP contribution in [-0.2, 0) is 14.2 Å². The average Bonchev–Trinajstić information content (AvgIpc) is 2.68. The van der Waals surface area contributed by atoms with E-state index in [0.29, 0.717) is 0 Å². The van der Waals surface area contributed by atoms with Crippen molar-refractivity contribution in [3.63, 3.8) is 0 Å². The fourth-order valence-electron chi connectivity index (χ4n) is 3.93. The minimum absolute atomic E-state index is 0.0700. The molecule has 1 aromatic carbocycles. The first-order chi connectivity index (χ1) is 13.0. The van der Waals surface area contributed by atoms with Gasteiger partial charge >= 0.3 is 0 Å². The molecule has 9 heteroatoms. The molecule has 0 bridgehead atoms. The first kappa shape index (κ1) is 18.6. The van der Waals surface area contributed by atoms with E-state index >= 15 is 0 Å². The molecule has 3 aliphatic rings. The highest BCUT2D eigenvalue weighted by atomic mass is 16.8. The molecule has 9 nitrogen and oxygen atoms in total. The van der Waals surface area contributed by atoms with Gasteiger partial charge in [-0.05, 0) is 25.0 Å². The van der Waals surface area contributed by atoms with Gasteiger partial charge in [0, 0.05) is 25.0 Å². The quantitative estimate of drug-likeness (QED) is 0.597. The normalized spacial score (nSPS) is 35.4. The van der Waals surface area contributed by atoms with Crippen molar-refractivity contribution in [2.45, 2.75) is 68.6 Å². The van der Waals surface area contributed by atoms with E-state index in [-0.39, 0.29) is 18.0 Å². The van der Waals surface area contributed by atoms with Gasteiger partial charge in [-0.1, -0.05) is 6.42 Å². The van der Waals surface area contributed by atoms with E-state index in [2.05, 4.69) is 0 Å². The summed E-state index contributed by atoms with van der Waals surface area (Å²) in [6, 6.07) is 5.42. The number of non-ortho nitro benzene ring substituents is 1. The van der Waals surface area contributed by atoms with E-state index in [1.54, 1.807) is 0 Å². The number of nitro benzene ring substituents is 1. The maximum atomic E-state index is 10.7. The molecule has 2 saturated heterocycles. The molecule has 0 radical (unpaired) electrons. The molecule has 1 aromatic rings. The number of fused-ring (bicyclic) bond motifs is 1. The van der Waals surface area contributed by atoms with E-state index in [9.17, 15) is 20.3 Å². The molecule has 2 N–H and O–H groups in total. The van der Waals surface area contributed by atoms with Gasteiger partial charge in [-0.25, -0.2) is 0 Å². The molecule has 1 spiro atoms. The largest absolute Gasteiger partial charge is 0.462 e. The number of rotatable bonds is 3. The molecular weight excluding hydrogens is 358 g/mol. The molecular formula is C18H23NO8. The summed E-state index contributed by atoms with van der Waals surface area (Å²) in [7, 11) is 0. The molecule has 5 atom stereocenters. The van der Waals surface area contributed by atoms with Gasteiger partial charge in [0.25, 0.3) is 5.69 Å². The molecule has 3 fully saturated rings. The second kappa shape index (κ2) is 7.33. The molecule has 1 aliphatic carbocycles. The lowest BCUT2D eigenvalue weighted by molar-refractivity contribution is -0.388. The van der Waals surface area contributed by atoms with Crippen LogP contribution >= 0.6 is 0 Å². The highest BCUT2D eigenvalue weighted by Gasteiger charge is 2.53. The summed E-state index contributed by atoms with van der Waals surface area (Å²) in [5, 5.41) is 31.7. The second-order valence-electron chi connectivity index (χ2n) is 7.26. The summed E-state index contributed by atoms with van der Waals surface area (Å²) in [6.07, 6.45) is -0.225. The predicted octanol–water partition coefficient (Wildman–Crippen LogP) is 1.50. The fourth-order valence-corrected chi connectivity index (χ4v) is 3.93. The van der Waals surface area contributed by atoms with Crippen molar-refractivity contribution >= 4 is 5.69 Å². The topological polar surface area (TPSA) is 121 Å². The molecule has 4 rings (SSSR count). The Labute approximate surface area is 155 Å². The van der Waals surface area contributed by atoms with Gasteiger partial charge in [-0.3, -0.25) is 10.1 Å². The lowest BCUT2D eigenvalue weighted by Crippen LogP contribution is -2.66. The van der Waals surface area contributed by atoms with Crippen molar-refractivity contribution < 1.29 is 34.1 Å². The molecule has 0 aromatic heterocycles. The van der Waals surface area contributed by atoms with E-state index in [1.165, 1.54) is 24.3 Å². The average molecular weight is 381 g/mol. The maximum Gasteiger partial charge on any atom is 0.269 e. The smallest absolute Gasteiger partial charge is 0.269 e. The summed E-state index contributed by atoms with van der Waals surface area (Å²) in [6.45, 7) is 0.245. The van der Waals surface area contributed by atoms with Crippen molar-refractivity contribution in [1.29, 1.82) is 0 Å². The lowest BCUT2D eigenvalue weighted by atomic mass is 9.90. The third kappa shape index (κ3) is 3.65. The van der Waals surface area contributed by atoms with Gasteiger partial charge in [-0.2, -0.15) is 0 Å². The highest BCUT2D eigenvalue weighted by molar-refractivity contribution is 5.36. The molecule has 2 heterocycles. The van der Waals surface area contributed by atoms with Crippen LogP contribution < -0.4 is 4.74 Å². The van der Waals surface area contributed by atoms with Crippen LogP contribution in [0.3, 0.4) is 0 Å². The lowest BCUT2D eigenvalue weighted by Gasteiger charge is -2.51. The van der Waals surface area contributed by atoms with Crippen molar-refractivity contribution in [1.82, 2.24) is 0 Å². The van der Waals surface area contributed by atoms with Crippen molar-refractivity contribution in [3.05, 3.63) is 34.4 Å². The van der Waals surface area contributed by atoms with Gasteiger partial charge in [0.15, 0.2) is 5.79 Å². The zero-order chi connectivity index (χ0) is 19.0. The van der Waals surface area contributed by atoms with E-state index in [0.717, 1.165) is 32.1 Å². The van der Waals surface area contributed by atoms with Crippen LogP contribution in [0, 0.1) is 10.1 Å². The van der Waals surface area contributed by atoms with Crippen LogP contribution in [0.4, 0.5) is 5.69 Å². The van der Waals surface area contributed by atoms with E-state index in [1.807, 2.05) is 0 Å². The van der Waals surface area contributed by atoms with Gasteiger partial charge < -0.3 is 29.2 Å². The predicted molar refractivity (Wildman–Crippen MR) is 91.0 cm³/mol. The number of hydrogen-bond donors (Lipinski definition) is 2. The van der Waals surface area contributed by atoms with Crippen LogP contribution in [0.15, 0.2) is 24.3 Å². The standard InChI is InChI=1S/C18H23NO8/c20-14-15(21)17(25-12-6-4-11(5-7-12)19(22)23)26-13-10-24-18(27-16(13)14)8-2-1-3-9-18/h4-7,13-17,20-21H,1-3,8-10H2. The molecule has 0 amide bonds. The molecule has 27 heavy (non-hydrogen) atoms. The SMILES string of the molecule is O=[N+]([O-])c1ccc(OC2OC3COC4(CCCCC4)OC3C(O)C2O)cc1. The zero-order valence-electron chi connectivity index (χ0n) is 14.7. The van der Waals surface area contributed by atoms with Crippen LogP contribution in [0.5, 0.6) is 5.75 Å². The molecule has 1 saturated carbocycles. The Morgan fingerprint density at radius 1 is 1.11 bits per heavy atom. The molecule has 148 valence electrons. The summed E-state index contributed by atoms with van der Waals surface area (Å²) in [4.78, 5) is 10.2. The zero-order valence-corrected chi connectivity index (χ0v) is 14.7. The highest BCUT2D eigenvalue weighted by Crippen LogP contribution is 2.40. The summed E-state index contributed by atoms with van der Waals surface area (Å²) in [5.41, 5.74) is -0.0700. The Bertz CT molecular complexity index is 672. The van der Waals surface area contributed by atoms with Crippen molar-refractivity contribution in [2.24, 2.45) is 0 Å². The minimum Gasteiger partial charge on any atom is -0.462 e. The van der Waals surface area contributed by atoms with E-state index in [4.69, 9.17) is 18.9 Å². The Kier molecular flexibility index (Phi) is 5.04. The number of nitrogens with zero attached hydrogens (tertiary/aromatic N) is 1. The fraction of sp³-hybridized carbons (Fsp3) is 0.667. The Morgan fingerprint density at radius 2 is 1.81 bits per heavy atom. The number of hydrogen-bond acceptors (Lipinski definition) is 8. The minimum atomic E-state index is -1.32. The number of aliphatic hydroxyl groups is 2. The Morgan fingerprint density at radius 3 is 2.48 bits per heavy atom. The number of nitro groups is 1.